The van der Waals surface area contributed by atoms with Gasteiger partial charge in [0, 0.05) is 17.7 Å². The Hall–Kier alpha value is -2.67. The molecule has 0 spiro atoms. The fourth-order valence-corrected chi connectivity index (χ4v) is 3.05. The highest BCUT2D eigenvalue weighted by molar-refractivity contribution is 7.10. The Bertz CT molecular complexity index is 825. The van der Waals surface area contributed by atoms with E-state index in [4.69, 9.17) is 0 Å². The van der Waals surface area contributed by atoms with E-state index in [0.29, 0.717) is 6.42 Å². The first-order valence-corrected chi connectivity index (χ1v) is 7.74. The van der Waals surface area contributed by atoms with Gasteiger partial charge < -0.3 is 0 Å². The van der Waals surface area contributed by atoms with Crippen molar-refractivity contribution in [1.29, 1.82) is 0 Å². The Kier molecular flexibility index (Phi) is 4.38. The number of nitrogens with one attached hydrogen (secondary N) is 1. The van der Waals surface area contributed by atoms with Crippen LogP contribution in [-0.4, -0.2) is 26.7 Å². The summed E-state index contributed by atoms with van der Waals surface area (Å²) in [4.78, 5) is 28.5. The van der Waals surface area contributed by atoms with Gasteiger partial charge in [0.1, 0.15) is 12.1 Å². The average molecular weight is 329 g/mol. The van der Waals surface area contributed by atoms with Crippen LogP contribution in [0.1, 0.15) is 26.6 Å². The molecule has 5 nitrogen and oxygen atoms in total. The number of halogens is 1. The molecule has 7 heteroatoms. The monoisotopic (exact) mass is 329 g/mol. The Morgan fingerprint density at radius 3 is 2.65 bits per heavy atom. The summed E-state index contributed by atoms with van der Waals surface area (Å²) in [6, 6.07) is 8.18. The van der Waals surface area contributed by atoms with Gasteiger partial charge in [-0.3, -0.25) is 14.7 Å². The van der Waals surface area contributed by atoms with Gasteiger partial charge in [0.05, 0.1) is 0 Å². The molecule has 23 heavy (non-hydrogen) atoms. The number of hydrogen-bond donors (Lipinski definition) is 1. The van der Waals surface area contributed by atoms with Crippen LogP contribution in [0.4, 0.5) is 4.39 Å². The van der Waals surface area contributed by atoms with Gasteiger partial charge in [-0.25, -0.2) is 9.37 Å². The smallest absolute Gasteiger partial charge is 0.267 e. The van der Waals surface area contributed by atoms with E-state index < -0.39 is 11.6 Å². The lowest BCUT2D eigenvalue weighted by molar-refractivity contribution is -0.114. The Labute approximate surface area is 135 Å². The fraction of sp³-hybridized carbons (Fsp3) is 0.125. The third-order valence-electron chi connectivity index (χ3n) is 3.24. The van der Waals surface area contributed by atoms with Crippen molar-refractivity contribution in [1.82, 2.24) is 15.2 Å². The van der Waals surface area contributed by atoms with Crippen molar-refractivity contribution in [3.8, 4) is 0 Å². The number of H-pyrrole nitrogens is 1. The quantitative estimate of drug-likeness (QED) is 0.557. The predicted octanol–water partition coefficient (Wildman–Crippen LogP) is 2.59. The maximum absolute atomic E-state index is 12.9. The summed E-state index contributed by atoms with van der Waals surface area (Å²) in [5.74, 6) is -1.62. The summed E-state index contributed by atoms with van der Waals surface area (Å²) >= 11 is 1.51. The lowest BCUT2D eigenvalue weighted by Crippen LogP contribution is -2.17. The molecule has 0 aliphatic carbocycles. The lowest BCUT2D eigenvalue weighted by atomic mass is 10.1. The summed E-state index contributed by atoms with van der Waals surface area (Å²) in [5.41, 5.74) is 1.77. The summed E-state index contributed by atoms with van der Waals surface area (Å²) in [6.45, 7) is 0. The third-order valence-corrected chi connectivity index (χ3v) is 4.22. The standard InChI is InChI=1S/C16H12FN3O2S/c17-12-3-1-10(2-4-12)5-13-6-11(8-23-13)7-14(21)15(22)16-18-9-19-20-16/h1-4,6,8-9H,5,7H2,(H,18,19,20). The Morgan fingerprint density at radius 2 is 1.96 bits per heavy atom. The second-order valence-electron chi connectivity index (χ2n) is 4.98. The summed E-state index contributed by atoms with van der Waals surface area (Å²) in [5, 5.41) is 7.87. The van der Waals surface area contributed by atoms with Crippen molar-refractivity contribution in [3.05, 3.63) is 69.7 Å². The van der Waals surface area contributed by atoms with E-state index in [1.54, 1.807) is 12.1 Å². The van der Waals surface area contributed by atoms with Gasteiger partial charge in [0.15, 0.2) is 0 Å². The first-order valence-electron chi connectivity index (χ1n) is 6.86. The van der Waals surface area contributed by atoms with Gasteiger partial charge in [0.2, 0.25) is 11.6 Å². The Morgan fingerprint density at radius 1 is 1.17 bits per heavy atom. The minimum absolute atomic E-state index is 0.0211. The van der Waals surface area contributed by atoms with Crippen molar-refractivity contribution >= 4 is 22.9 Å². The normalized spacial score (nSPS) is 10.7. The highest BCUT2D eigenvalue weighted by atomic mass is 32.1. The van der Waals surface area contributed by atoms with Crippen molar-refractivity contribution in [3.63, 3.8) is 0 Å². The van der Waals surface area contributed by atoms with Gasteiger partial charge in [-0.1, -0.05) is 12.1 Å². The molecule has 3 rings (SSSR count). The van der Waals surface area contributed by atoms with E-state index in [2.05, 4.69) is 15.2 Å². The Balaban J connectivity index is 1.64. The average Bonchev–Trinajstić information content (AvgIpc) is 3.21. The first kappa shape index (κ1) is 15.2. The SMILES string of the molecule is O=C(Cc1csc(Cc2ccc(F)cc2)c1)C(=O)c1nc[nH]n1. The molecule has 0 unspecified atom stereocenters. The number of nitrogens with zero attached hydrogens (tertiary/aromatic N) is 2. The molecular weight excluding hydrogens is 317 g/mol. The molecule has 0 aliphatic rings. The maximum atomic E-state index is 12.9. The second-order valence-corrected chi connectivity index (χ2v) is 5.97. The van der Waals surface area contributed by atoms with Gasteiger partial charge in [0.25, 0.3) is 5.78 Å². The molecule has 0 fully saturated rings. The van der Waals surface area contributed by atoms with Crippen LogP contribution in [-0.2, 0) is 17.6 Å². The summed E-state index contributed by atoms with van der Waals surface area (Å²) in [7, 11) is 0. The molecule has 116 valence electrons. The molecule has 2 heterocycles. The van der Waals surface area contributed by atoms with Crippen molar-refractivity contribution in [2.24, 2.45) is 0 Å². The maximum Gasteiger partial charge on any atom is 0.267 e. The predicted molar refractivity (Wildman–Crippen MR) is 82.9 cm³/mol. The largest absolute Gasteiger partial charge is 0.290 e. The number of ketones is 2. The molecule has 0 bridgehead atoms. The van der Waals surface area contributed by atoms with Crippen molar-refractivity contribution in [2.45, 2.75) is 12.8 Å². The van der Waals surface area contributed by atoms with Crippen LogP contribution in [0.2, 0.25) is 0 Å². The van der Waals surface area contributed by atoms with Gasteiger partial charge in [-0.05, 0) is 34.7 Å². The van der Waals surface area contributed by atoms with Crippen LogP contribution < -0.4 is 0 Å². The highest BCUT2D eigenvalue weighted by Gasteiger charge is 2.20. The minimum atomic E-state index is -0.697. The molecule has 0 atom stereocenters. The van der Waals surface area contributed by atoms with E-state index in [-0.39, 0.29) is 18.1 Å². The number of hydrogen-bond acceptors (Lipinski definition) is 5. The molecule has 1 aromatic carbocycles. The van der Waals surface area contributed by atoms with Gasteiger partial charge >= 0.3 is 0 Å². The molecule has 2 aromatic heterocycles. The summed E-state index contributed by atoms with van der Waals surface area (Å²) < 4.78 is 12.9. The zero-order valence-electron chi connectivity index (χ0n) is 12.0. The zero-order valence-corrected chi connectivity index (χ0v) is 12.8. The molecule has 0 aliphatic heterocycles. The number of benzene rings is 1. The number of aromatic nitrogens is 3. The number of carbonyl (C=O) groups excluding carboxylic acids is 2. The van der Waals surface area contributed by atoms with Crippen LogP contribution in [0.25, 0.3) is 0 Å². The van der Waals surface area contributed by atoms with Crippen molar-refractivity contribution in [2.75, 3.05) is 0 Å². The van der Waals surface area contributed by atoms with E-state index >= 15 is 0 Å². The number of carbonyl (C=O) groups is 2. The van der Waals surface area contributed by atoms with Crippen LogP contribution in [0.15, 0.2) is 42.0 Å². The van der Waals surface area contributed by atoms with Crippen LogP contribution in [0.5, 0.6) is 0 Å². The molecule has 3 aromatic rings. The second kappa shape index (κ2) is 6.62. The molecule has 0 amide bonds. The highest BCUT2D eigenvalue weighted by Crippen LogP contribution is 2.19. The molecule has 1 N–H and O–H groups in total. The van der Waals surface area contributed by atoms with E-state index in [1.165, 1.54) is 29.8 Å². The van der Waals surface area contributed by atoms with E-state index in [9.17, 15) is 14.0 Å². The van der Waals surface area contributed by atoms with Crippen LogP contribution >= 0.6 is 11.3 Å². The molecule has 0 radical (unpaired) electrons. The number of thiophene rings is 1. The number of Topliss-reactive ketones (excluding diaryl/α,β-unsaturated/α-hetero) is 2. The number of rotatable bonds is 6. The van der Waals surface area contributed by atoms with Gasteiger partial charge in [-0.2, -0.15) is 0 Å². The van der Waals surface area contributed by atoms with Gasteiger partial charge in [-0.15, -0.1) is 16.4 Å². The molecule has 0 saturated carbocycles. The minimum Gasteiger partial charge on any atom is -0.290 e. The number of aromatic amines is 1. The summed E-state index contributed by atoms with van der Waals surface area (Å²) in [6.07, 6.45) is 1.94. The van der Waals surface area contributed by atoms with E-state index in [1.807, 2.05) is 11.4 Å². The molecule has 0 saturated heterocycles. The topological polar surface area (TPSA) is 75.7 Å². The van der Waals surface area contributed by atoms with Crippen molar-refractivity contribution < 1.29 is 14.0 Å². The van der Waals surface area contributed by atoms with Crippen LogP contribution in [0, 0.1) is 5.82 Å². The van der Waals surface area contributed by atoms with Crippen LogP contribution in [0.3, 0.4) is 0 Å². The molecular formula is C16H12FN3O2S. The first-order chi connectivity index (χ1) is 11.1. The lowest BCUT2D eigenvalue weighted by Gasteiger charge is -1.98. The van der Waals surface area contributed by atoms with E-state index in [0.717, 1.165) is 16.0 Å². The zero-order chi connectivity index (χ0) is 16.2. The fourth-order valence-electron chi connectivity index (χ4n) is 2.12. The third kappa shape index (κ3) is 3.75.